The van der Waals surface area contributed by atoms with Gasteiger partial charge in [-0.3, -0.25) is 0 Å². The van der Waals surface area contributed by atoms with Crippen molar-refractivity contribution >= 4 is 5.97 Å². The largest absolute Gasteiger partial charge is 0.484 e. The maximum absolute atomic E-state index is 13.8. The van der Waals surface area contributed by atoms with Gasteiger partial charge in [-0.2, -0.15) is 0 Å². The second kappa shape index (κ2) is 5.91. The third kappa shape index (κ3) is 3.65. The first-order valence-electron chi connectivity index (χ1n) is 6.44. The van der Waals surface area contributed by atoms with E-state index in [9.17, 15) is 22.4 Å². The summed E-state index contributed by atoms with van der Waals surface area (Å²) in [6, 6.07) is 1.51. The minimum absolute atomic E-state index is 0.223. The zero-order valence-electron chi connectivity index (χ0n) is 11.3. The predicted molar refractivity (Wildman–Crippen MR) is 65.5 cm³/mol. The van der Waals surface area contributed by atoms with Crippen molar-refractivity contribution in [2.75, 3.05) is 7.11 Å². The fraction of sp³-hybridized carbons (Fsp3) is 0.500. The molecule has 1 aromatic rings. The molecule has 1 aliphatic rings. The Kier molecular flexibility index (Phi) is 4.39. The monoisotopic (exact) mass is 306 g/mol. The minimum atomic E-state index is -2.89. The van der Waals surface area contributed by atoms with Crippen LogP contribution in [-0.2, 0) is 4.74 Å². The topological polar surface area (TPSA) is 35.5 Å². The molecule has 1 fully saturated rings. The number of ether oxygens (including phenoxy) is 2. The Morgan fingerprint density at radius 1 is 1.29 bits per heavy atom. The van der Waals surface area contributed by atoms with E-state index in [1.54, 1.807) is 0 Å². The highest BCUT2D eigenvalue weighted by Crippen LogP contribution is 2.36. The SMILES string of the molecule is COC(=O)c1cc(F)c(OC2CCCC(F)(F)C2)c(F)c1. The summed E-state index contributed by atoms with van der Waals surface area (Å²) in [7, 11) is 1.08. The molecule has 1 atom stereocenters. The summed E-state index contributed by atoms with van der Waals surface area (Å²) in [6.07, 6.45) is -1.26. The van der Waals surface area contributed by atoms with E-state index in [2.05, 4.69) is 4.74 Å². The average molecular weight is 306 g/mol. The number of benzene rings is 1. The van der Waals surface area contributed by atoms with E-state index in [0.717, 1.165) is 19.2 Å². The highest BCUT2D eigenvalue weighted by molar-refractivity contribution is 5.89. The lowest BCUT2D eigenvalue weighted by atomic mass is 9.94. The van der Waals surface area contributed by atoms with E-state index in [1.807, 2.05) is 0 Å². The molecular formula is C14H14F4O3. The standard InChI is InChI=1S/C14H14F4O3/c1-20-13(19)8-5-10(15)12(11(16)6-8)21-9-3-2-4-14(17,18)7-9/h5-6,9H,2-4,7H2,1H3. The maximum Gasteiger partial charge on any atom is 0.338 e. The van der Waals surface area contributed by atoms with Gasteiger partial charge < -0.3 is 9.47 Å². The molecule has 1 saturated carbocycles. The number of hydrogen-bond acceptors (Lipinski definition) is 3. The van der Waals surface area contributed by atoms with Gasteiger partial charge in [0, 0.05) is 12.8 Å². The van der Waals surface area contributed by atoms with E-state index in [0.29, 0.717) is 6.42 Å². The summed E-state index contributed by atoms with van der Waals surface area (Å²) in [4.78, 5) is 11.2. The van der Waals surface area contributed by atoms with Gasteiger partial charge in [-0.05, 0) is 25.0 Å². The quantitative estimate of drug-likeness (QED) is 0.631. The van der Waals surface area contributed by atoms with E-state index in [-0.39, 0.29) is 18.4 Å². The Labute approximate surface area is 118 Å². The number of esters is 1. The first-order valence-corrected chi connectivity index (χ1v) is 6.44. The summed E-state index contributed by atoms with van der Waals surface area (Å²) in [6.45, 7) is 0. The lowest BCUT2D eigenvalue weighted by Crippen LogP contribution is -2.33. The Morgan fingerprint density at radius 2 is 1.90 bits per heavy atom. The number of carbonyl (C=O) groups is 1. The number of halogens is 4. The molecule has 0 aromatic heterocycles. The number of hydrogen-bond donors (Lipinski definition) is 0. The van der Waals surface area contributed by atoms with Gasteiger partial charge in [-0.25, -0.2) is 22.4 Å². The van der Waals surface area contributed by atoms with Crippen LogP contribution in [0.2, 0.25) is 0 Å². The molecule has 0 aliphatic heterocycles. The number of alkyl halides is 2. The van der Waals surface area contributed by atoms with Crippen LogP contribution in [-0.4, -0.2) is 25.1 Å². The smallest absolute Gasteiger partial charge is 0.338 e. The maximum atomic E-state index is 13.8. The third-order valence-corrected chi connectivity index (χ3v) is 3.30. The van der Waals surface area contributed by atoms with Crippen LogP contribution >= 0.6 is 0 Å². The summed E-state index contributed by atoms with van der Waals surface area (Å²) in [5.41, 5.74) is -0.311. The highest BCUT2D eigenvalue weighted by Gasteiger charge is 2.38. The van der Waals surface area contributed by atoms with Gasteiger partial charge in [0.05, 0.1) is 12.7 Å². The van der Waals surface area contributed by atoms with Crippen LogP contribution in [0, 0.1) is 11.6 Å². The van der Waals surface area contributed by atoms with Gasteiger partial charge in [0.25, 0.3) is 5.92 Å². The summed E-state index contributed by atoms with van der Waals surface area (Å²) in [5, 5.41) is 0. The highest BCUT2D eigenvalue weighted by atomic mass is 19.3. The Balaban J connectivity index is 2.19. The van der Waals surface area contributed by atoms with Crippen molar-refractivity contribution in [1.82, 2.24) is 0 Å². The van der Waals surface area contributed by atoms with E-state index >= 15 is 0 Å². The molecule has 0 amide bonds. The molecular weight excluding hydrogens is 292 g/mol. The molecule has 0 spiro atoms. The van der Waals surface area contributed by atoms with Crippen molar-refractivity contribution in [3.63, 3.8) is 0 Å². The summed E-state index contributed by atoms with van der Waals surface area (Å²) < 4.78 is 63.5. The van der Waals surface area contributed by atoms with E-state index in [1.165, 1.54) is 0 Å². The second-order valence-corrected chi connectivity index (χ2v) is 4.95. The molecule has 0 radical (unpaired) electrons. The lowest BCUT2D eigenvalue weighted by Gasteiger charge is -2.29. The molecule has 0 heterocycles. The fourth-order valence-electron chi connectivity index (χ4n) is 2.30. The van der Waals surface area contributed by atoms with Crippen LogP contribution < -0.4 is 4.74 Å². The Morgan fingerprint density at radius 3 is 2.43 bits per heavy atom. The van der Waals surface area contributed by atoms with Crippen LogP contribution in [0.25, 0.3) is 0 Å². The molecule has 3 nitrogen and oxygen atoms in total. The number of methoxy groups -OCH3 is 1. The molecule has 0 saturated heterocycles. The molecule has 1 aromatic carbocycles. The van der Waals surface area contributed by atoms with Crippen molar-refractivity contribution in [3.05, 3.63) is 29.3 Å². The van der Waals surface area contributed by atoms with Crippen molar-refractivity contribution in [2.45, 2.75) is 37.7 Å². The van der Waals surface area contributed by atoms with Gasteiger partial charge in [-0.15, -0.1) is 0 Å². The van der Waals surface area contributed by atoms with Crippen molar-refractivity contribution < 1.29 is 31.8 Å². The fourth-order valence-corrected chi connectivity index (χ4v) is 2.30. The van der Waals surface area contributed by atoms with Gasteiger partial charge in [0.1, 0.15) is 6.10 Å². The molecule has 21 heavy (non-hydrogen) atoms. The van der Waals surface area contributed by atoms with Gasteiger partial charge in [-0.1, -0.05) is 0 Å². The Hall–Kier alpha value is -1.79. The summed E-state index contributed by atoms with van der Waals surface area (Å²) in [5.74, 6) is -6.77. The second-order valence-electron chi connectivity index (χ2n) is 4.95. The molecule has 116 valence electrons. The molecule has 0 N–H and O–H groups in total. The third-order valence-electron chi connectivity index (χ3n) is 3.30. The molecule has 1 aliphatic carbocycles. The van der Waals surface area contributed by atoms with Crippen molar-refractivity contribution in [2.24, 2.45) is 0 Å². The van der Waals surface area contributed by atoms with Crippen LogP contribution in [0.5, 0.6) is 5.75 Å². The minimum Gasteiger partial charge on any atom is -0.484 e. The zero-order valence-corrected chi connectivity index (χ0v) is 11.3. The number of rotatable bonds is 3. The normalized spacial score (nSPS) is 20.9. The number of carbonyl (C=O) groups excluding carboxylic acids is 1. The predicted octanol–water partition coefficient (Wildman–Crippen LogP) is 3.71. The Bertz CT molecular complexity index is 522. The van der Waals surface area contributed by atoms with E-state index in [4.69, 9.17) is 4.74 Å². The van der Waals surface area contributed by atoms with Crippen LogP contribution in [0.15, 0.2) is 12.1 Å². The lowest BCUT2D eigenvalue weighted by molar-refractivity contribution is -0.0707. The van der Waals surface area contributed by atoms with E-state index < -0.39 is 41.8 Å². The van der Waals surface area contributed by atoms with Crippen LogP contribution in [0.4, 0.5) is 17.6 Å². The molecule has 2 rings (SSSR count). The van der Waals surface area contributed by atoms with Crippen LogP contribution in [0.1, 0.15) is 36.0 Å². The molecule has 7 heteroatoms. The average Bonchev–Trinajstić information content (AvgIpc) is 2.40. The molecule has 0 bridgehead atoms. The zero-order chi connectivity index (χ0) is 15.6. The van der Waals surface area contributed by atoms with Gasteiger partial charge in [0.2, 0.25) is 0 Å². The first kappa shape index (κ1) is 15.6. The van der Waals surface area contributed by atoms with Crippen molar-refractivity contribution in [3.8, 4) is 5.75 Å². The first-order chi connectivity index (χ1) is 9.82. The van der Waals surface area contributed by atoms with Crippen LogP contribution in [0.3, 0.4) is 0 Å². The van der Waals surface area contributed by atoms with Gasteiger partial charge in [0.15, 0.2) is 17.4 Å². The summed E-state index contributed by atoms with van der Waals surface area (Å²) >= 11 is 0. The van der Waals surface area contributed by atoms with Crippen molar-refractivity contribution in [1.29, 1.82) is 0 Å². The molecule has 1 unspecified atom stereocenters. The van der Waals surface area contributed by atoms with Gasteiger partial charge >= 0.3 is 5.97 Å².